The molecule has 1 aromatic heterocycles. The molecule has 7 nitrogen and oxygen atoms in total. The summed E-state index contributed by atoms with van der Waals surface area (Å²) in [5.74, 6) is -1.68. The molecule has 0 saturated carbocycles. The van der Waals surface area contributed by atoms with Crippen molar-refractivity contribution in [3.05, 3.63) is 93.8 Å². The number of aryl methyl sites for hydroxylation is 1. The van der Waals surface area contributed by atoms with Gasteiger partial charge in [0.05, 0.1) is 23.4 Å². The molecule has 0 saturated heterocycles. The third-order valence-corrected chi connectivity index (χ3v) is 5.28. The van der Waals surface area contributed by atoms with Gasteiger partial charge in [-0.25, -0.2) is 14.4 Å². The van der Waals surface area contributed by atoms with E-state index in [9.17, 15) is 14.4 Å². The summed E-state index contributed by atoms with van der Waals surface area (Å²) in [6.45, 7) is 1.82. The summed E-state index contributed by atoms with van der Waals surface area (Å²) in [5.41, 5.74) is 2.89. The van der Waals surface area contributed by atoms with Gasteiger partial charge < -0.3 is 4.74 Å². The second kappa shape index (κ2) is 8.57. The van der Waals surface area contributed by atoms with E-state index < -0.39 is 24.5 Å². The minimum Gasteiger partial charge on any atom is -0.441 e. The highest BCUT2D eigenvalue weighted by molar-refractivity contribution is 6.31. The lowest BCUT2D eigenvalue weighted by molar-refractivity contribution is -0.140. The van der Waals surface area contributed by atoms with Crippen LogP contribution in [0.25, 0.3) is 6.08 Å². The lowest BCUT2D eigenvalue weighted by atomic mass is 10.1. The molecule has 4 rings (SSSR count). The van der Waals surface area contributed by atoms with Crippen LogP contribution < -0.4 is 0 Å². The molecule has 2 aromatic carbocycles. The van der Waals surface area contributed by atoms with Crippen LogP contribution in [-0.2, 0) is 16.1 Å². The Labute approximate surface area is 183 Å². The number of carbonyl (C=O) groups excluding carboxylic acids is 3. The number of halogens is 1. The molecule has 0 bridgehead atoms. The lowest BCUT2D eigenvalue weighted by Crippen LogP contribution is -2.32. The highest BCUT2D eigenvalue weighted by atomic mass is 35.5. The minimum atomic E-state index is -0.706. The second-order valence-corrected chi connectivity index (χ2v) is 7.30. The molecule has 8 heteroatoms. The standard InChI is InChI=1S/C23H18ClN3O4/c1-15-17(21(24)27(25-15)13-16-7-3-2-4-8-16)11-12-20(28)31-14-26-22(29)18-9-5-6-10-19(18)23(26)30/h2-12H,13-14H2,1H3/b12-11+. The molecule has 0 radical (unpaired) electrons. The molecule has 2 heterocycles. The zero-order valence-corrected chi connectivity index (χ0v) is 17.4. The molecule has 1 aliphatic heterocycles. The van der Waals surface area contributed by atoms with Gasteiger partial charge in [-0.05, 0) is 30.7 Å². The number of ether oxygens (including phenoxy) is 1. The molecule has 31 heavy (non-hydrogen) atoms. The van der Waals surface area contributed by atoms with E-state index in [-0.39, 0.29) is 0 Å². The van der Waals surface area contributed by atoms with Crippen LogP contribution in [0.5, 0.6) is 0 Å². The van der Waals surface area contributed by atoms with Gasteiger partial charge in [0.2, 0.25) is 0 Å². The first-order valence-electron chi connectivity index (χ1n) is 9.52. The quantitative estimate of drug-likeness (QED) is 0.335. The number of aromatic nitrogens is 2. The largest absolute Gasteiger partial charge is 0.441 e. The zero-order valence-electron chi connectivity index (χ0n) is 16.6. The Hall–Kier alpha value is -3.71. The number of amides is 2. The number of imide groups is 1. The normalized spacial score (nSPS) is 13.2. The fourth-order valence-electron chi connectivity index (χ4n) is 3.30. The van der Waals surface area contributed by atoms with Crippen LogP contribution in [0.4, 0.5) is 0 Å². The van der Waals surface area contributed by atoms with E-state index in [1.54, 1.807) is 35.9 Å². The molecule has 0 aliphatic carbocycles. The van der Waals surface area contributed by atoms with Crippen molar-refractivity contribution in [2.45, 2.75) is 13.5 Å². The van der Waals surface area contributed by atoms with Crippen molar-refractivity contribution in [3.8, 4) is 0 Å². The molecule has 0 unspecified atom stereocenters. The summed E-state index contributed by atoms with van der Waals surface area (Å²) in [6.07, 6.45) is 2.71. The second-order valence-electron chi connectivity index (χ2n) is 6.94. The van der Waals surface area contributed by atoms with Gasteiger partial charge in [-0.15, -0.1) is 0 Å². The van der Waals surface area contributed by atoms with E-state index in [1.807, 2.05) is 30.3 Å². The third-order valence-electron chi connectivity index (χ3n) is 4.88. The van der Waals surface area contributed by atoms with Crippen LogP contribution >= 0.6 is 11.6 Å². The highest BCUT2D eigenvalue weighted by Gasteiger charge is 2.35. The third kappa shape index (κ3) is 4.13. The number of hydrogen-bond donors (Lipinski definition) is 0. The van der Waals surface area contributed by atoms with Gasteiger partial charge in [0, 0.05) is 11.6 Å². The molecule has 1 aliphatic rings. The van der Waals surface area contributed by atoms with E-state index in [4.69, 9.17) is 16.3 Å². The summed E-state index contributed by atoms with van der Waals surface area (Å²) in [4.78, 5) is 37.7. The van der Waals surface area contributed by atoms with Crippen LogP contribution in [0.2, 0.25) is 5.15 Å². The number of esters is 1. The highest BCUT2D eigenvalue weighted by Crippen LogP contribution is 2.23. The summed E-state index contributed by atoms with van der Waals surface area (Å²) < 4.78 is 6.74. The maximum absolute atomic E-state index is 12.3. The SMILES string of the molecule is Cc1nn(Cc2ccccc2)c(Cl)c1/C=C/C(=O)OCN1C(=O)c2ccccc2C1=O. The Morgan fingerprint density at radius 3 is 2.29 bits per heavy atom. The van der Waals surface area contributed by atoms with E-state index in [2.05, 4.69) is 5.10 Å². The molecule has 156 valence electrons. The van der Waals surface area contributed by atoms with Crippen LogP contribution in [0, 0.1) is 6.92 Å². The Morgan fingerprint density at radius 2 is 1.65 bits per heavy atom. The smallest absolute Gasteiger partial charge is 0.332 e. The van der Waals surface area contributed by atoms with E-state index >= 15 is 0 Å². The average Bonchev–Trinajstić information content (AvgIpc) is 3.18. The average molecular weight is 436 g/mol. The molecule has 0 atom stereocenters. The summed E-state index contributed by atoms with van der Waals surface area (Å²) >= 11 is 6.43. The number of carbonyl (C=O) groups is 3. The Balaban J connectivity index is 1.40. The molecule has 0 fully saturated rings. The van der Waals surface area contributed by atoms with Crippen LogP contribution in [0.1, 0.15) is 37.5 Å². The van der Waals surface area contributed by atoms with Gasteiger partial charge in [-0.2, -0.15) is 5.10 Å². The van der Waals surface area contributed by atoms with E-state index in [0.717, 1.165) is 10.5 Å². The fourth-order valence-corrected chi connectivity index (χ4v) is 3.60. The lowest BCUT2D eigenvalue weighted by Gasteiger charge is -2.12. The first kappa shape index (κ1) is 20.6. The minimum absolute atomic E-state index is 0.298. The molecular weight excluding hydrogens is 418 g/mol. The first-order valence-corrected chi connectivity index (χ1v) is 9.90. The monoisotopic (exact) mass is 435 g/mol. The summed E-state index contributed by atoms with van der Waals surface area (Å²) in [5, 5.41) is 4.81. The van der Waals surface area contributed by atoms with Crippen molar-refractivity contribution in [3.63, 3.8) is 0 Å². The molecule has 0 spiro atoms. The topological polar surface area (TPSA) is 81.5 Å². The van der Waals surface area contributed by atoms with Crippen molar-refractivity contribution in [2.24, 2.45) is 0 Å². The van der Waals surface area contributed by atoms with E-state index in [1.165, 1.54) is 12.2 Å². The number of hydrogen-bond acceptors (Lipinski definition) is 5. The maximum atomic E-state index is 12.3. The number of nitrogens with zero attached hydrogens (tertiary/aromatic N) is 3. The zero-order chi connectivity index (χ0) is 22.0. The van der Waals surface area contributed by atoms with Gasteiger partial charge in [0.25, 0.3) is 11.8 Å². The molecule has 0 N–H and O–H groups in total. The molecule has 2 amide bonds. The van der Waals surface area contributed by atoms with Gasteiger partial charge in [-0.1, -0.05) is 54.1 Å². The number of benzene rings is 2. The van der Waals surface area contributed by atoms with Gasteiger partial charge in [0.15, 0.2) is 6.73 Å². The van der Waals surface area contributed by atoms with Crippen LogP contribution in [0.3, 0.4) is 0 Å². The van der Waals surface area contributed by atoms with Crippen molar-refractivity contribution in [1.82, 2.24) is 14.7 Å². The van der Waals surface area contributed by atoms with Gasteiger partial charge in [0.1, 0.15) is 5.15 Å². The van der Waals surface area contributed by atoms with Crippen LogP contribution in [-0.4, -0.2) is 39.2 Å². The number of fused-ring (bicyclic) bond motifs is 1. The predicted molar refractivity (Wildman–Crippen MR) is 114 cm³/mol. The Bertz CT molecular complexity index is 1170. The van der Waals surface area contributed by atoms with Crippen LogP contribution in [0.15, 0.2) is 60.7 Å². The van der Waals surface area contributed by atoms with Gasteiger partial charge >= 0.3 is 5.97 Å². The number of rotatable bonds is 6. The maximum Gasteiger partial charge on any atom is 0.332 e. The van der Waals surface area contributed by atoms with Crippen molar-refractivity contribution < 1.29 is 19.1 Å². The van der Waals surface area contributed by atoms with E-state index in [0.29, 0.717) is 34.1 Å². The Kier molecular flexibility index (Phi) is 5.68. The summed E-state index contributed by atoms with van der Waals surface area (Å²) in [7, 11) is 0. The summed E-state index contributed by atoms with van der Waals surface area (Å²) in [6, 6.07) is 16.2. The fraction of sp³-hybridized carbons (Fsp3) is 0.130. The predicted octanol–water partition coefficient (Wildman–Crippen LogP) is 3.70. The first-order chi connectivity index (χ1) is 15.0. The molecular formula is C23H18ClN3O4. The molecule has 3 aromatic rings. The van der Waals surface area contributed by atoms with Crippen molar-refractivity contribution in [2.75, 3.05) is 6.73 Å². The Morgan fingerprint density at radius 1 is 1.03 bits per heavy atom. The van der Waals surface area contributed by atoms with Crippen molar-refractivity contribution >= 4 is 35.5 Å². The van der Waals surface area contributed by atoms with Gasteiger partial charge in [-0.3, -0.25) is 9.59 Å². The van der Waals surface area contributed by atoms with Crippen molar-refractivity contribution in [1.29, 1.82) is 0 Å².